The molecule has 0 saturated heterocycles. The lowest BCUT2D eigenvalue weighted by Crippen LogP contribution is -2.40. The van der Waals surface area contributed by atoms with Crippen molar-refractivity contribution in [2.75, 3.05) is 19.8 Å². The average molecular weight is 610 g/mol. The van der Waals surface area contributed by atoms with E-state index < -0.39 is 23.5 Å². The van der Waals surface area contributed by atoms with Crippen molar-refractivity contribution in [2.24, 2.45) is 4.99 Å². The second kappa shape index (κ2) is 12.4. The molecule has 1 aliphatic rings. The van der Waals surface area contributed by atoms with Gasteiger partial charge >= 0.3 is 11.9 Å². The molecule has 204 valence electrons. The van der Waals surface area contributed by atoms with E-state index >= 15 is 0 Å². The summed E-state index contributed by atoms with van der Waals surface area (Å²) in [5.41, 5.74) is 1.13. The van der Waals surface area contributed by atoms with Gasteiger partial charge in [-0.3, -0.25) is 9.36 Å². The fraction of sp³-hybridized carbons (Fsp3) is 0.259. The molecule has 3 aromatic rings. The molecule has 0 unspecified atom stereocenters. The van der Waals surface area contributed by atoms with E-state index in [9.17, 15) is 14.4 Å². The molecule has 0 radical (unpaired) electrons. The zero-order chi connectivity index (χ0) is 28.3. The van der Waals surface area contributed by atoms with Crippen LogP contribution in [0.4, 0.5) is 0 Å². The lowest BCUT2D eigenvalue weighted by Gasteiger charge is -2.25. The Hall–Kier alpha value is -3.11. The first-order valence-electron chi connectivity index (χ1n) is 11.9. The van der Waals surface area contributed by atoms with Crippen LogP contribution in [0.5, 0.6) is 5.75 Å². The van der Waals surface area contributed by atoms with E-state index in [1.165, 1.54) is 10.6 Å². The van der Waals surface area contributed by atoms with Crippen LogP contribution in [-0.2, 0) is 19.1 Å². The van der Waals surface area contributed by atoms with Crippen LogP contribution in [0.2, 0.25) is 15.1 Å². The fourth-order valence-electron chi connectivity index (χ4n) is 4.10. The summed E-state index contributed by atoms with van der Waals surface area (Å²) >= 11 is 20.3. The first kappa shape index (κ1) is 28.9. The van der Waals surface area contributed by atoms with Gasteiger partial charge in [-0.2, -0.15) is 0 Å². The lowest BCUT2D eigenvalue weighted by atomic mass is 9.96. The molecule has 2 heterocycles. The summed E-state index contributed by atoms with van der Waals surface area (Å²) in [6.45, 7) is 5.04. The van der Waals surface area contributed by atoms with Gasteiger partial charge in [0.2, 0.25) is 0 Å². The highest BCUT2D eigenvalue weighted by atomic mass is 35.5. The number of ether oxygens (including phenoxy) is 3. The van der Waals surface area contributed by atoms with Crippen LogP contribution in [0, 0.1) is 0 Å². The van der Waals surface area contributed by atoms with Gasteiger partial charge in [-0.1, -0.05) is 64.3 Å². The van der Waals surface area contributed by atoms with Crippen molar-refractivity contribution in [3.63, 3.8) is 0 Å². The molecular weight excluding hydrogens is 587 g/mol. The fourth-order valence-corrected chi connectivity index (χ4v) is 5.94. The number of nitrogens with zero attached hydrogens (tertiary/aromatic N) is 2. The molecule has 0 bridgehead atoms. The van der Waals surface area contributed by atoms with Gasteiger partial charge in [0.1, 0.15) is 11.8 Å². The predicted molar refractivity (Wildman–Crippen MR) is 150 cm³/mol. The highest BCUT2D eigenvalue weighted by Gasteiger charge is 2.34. The van der Waals surface area contributed by atoms with E-state index in [0.29, 0.717) is 31.7 Å². The van der Waals surface area contributed by atoms with Crippen molar-refractivity contribution < 1.29 is 23.8 Å². The van der Waals surface area contributed by atoms with E-state index in [0.717, 1.165) is 11.3 Å². The third-order valence-electron chi connectivity index (χ3n) is 5.68. The van der Waals surface area contributed by atoms with Gasteiger partial charge in [-0.05, 0) is 50.6 Å². The zero-order valence-corrected chi connectivity index (χ0v) is 24.2. The number of carbonyl (C=O) groups is 2. The van der Waals surface area contributed by atoms with Gasteiger partial charge in [0.25, 0.3) is 5.56 Å². The molecule has 0 saturated carbocycles. The number of hydrogen-bond donors (Lipinski definition) is 0. The molecule has 4 rings (SSSR count). The summed E-state index contributed by atoms with van der Waals surface area (Å²) < 4.78 is 17.5. The summed E-state index contributed by atoms with van der Waals surface area (Å²) in [5, 5.41) is 0.835. The predicted octanol–water partition coefficient (Wildman–Crippen LogP) is 4.70. The summed E-state index contributed by atoms with van der Waals surface area (Å²) in [5.74, 6) is -1.00. The van der Waals surface area contributed by atoms with Crippen molar-refractivity contribution >= 4 is 64.2 Å². The van der Waals surface area contributed by atoms with Crippen molar-refractivity contribution in [1.82, 2.24) is 4.57 Å². The SMILES string of the molecule is CCOC(=O)COc1c(Cl)cc(Cl)cc1/C=c1\sc2n(c1=O)[C@H](c1ccccc1Cl)C(C(=O)OCC)=C(C)N=2. The van der Waals surface area contributed by atoms with E-state index in [1.807, 2.05) is 0 Å². The van der Waals surface area contributed by atoms with Crippen LogP contribution in [0.3, 0.4) is 0 Å². The van der Waals surface area contributed by atoms with Crippen LogP contribution in [0.25, 0.3) is 6.08 Å². The summed E-state index contributed by atoms with van der Waals surface area (Å²) in [6, 6.07) is 9.14. The minimum atomic E-state index is -0.862. The quantitative estimate of drug-likeness (QED) is 0.344. The van der Waals surface area contributed by atoms with Gasteiger partial charge in [0.15, 0.2) is 11.4 Å². The lowest BCUT2D eigenvalue weighted by molar-refractivity contribution is -0.145. The van der Waals surface area contributed by atoms with Crippen LogP contribution in [-0.4, -0.2) is 36.3 Å². The summed E-state index contributed by atoms with van der Waals surface area (Å²) in [6.07, 6.45) is 1.55. The van der Waals surface area contributed by atoms with Crippen LogP contribution in [0.15, 0.2) is 57.5 Å². The standard InChI is InChI=1S/C27H23Cl3N2O6S/c1-4-36-21(33)13-38-24-15(10-16(28)12-19(24)30)11-20-25(34)32-23(17-8-6-7-9-18(17)29)22(26(35)37-5-2)14(3)31-27(32)39-20/h6-12,23H,4-5,13H2,1-3H3/b20-11-/t23-/m1/s1. The number of thiazole rings is 1. The first-order valence-corrected chi connectivity index (χ1v) is 13.8. The van der Waals surface area contributed by atoms with Crippen molar-refractivity contribution in [3.05, 3.63) is 93.6 Å². The highest BCUT2D eigenvalue weighted by Crippen LogP contribution is 2.35. The Morgan fingerprint density at radius 3 is 2.49 bits per heavy atom. The molecule has 0 amide bonds. The van der Waals surface area contributed by atoms with Crippen LogP contribution >= 0.6 is 46.1 Å². The normalized spacial score (nSPS) is 15.0. The minimum absolute atomic E-state index is 0.152. The third kappa shape index (κ3) is 6.06. The van der Waals surface area contributed by atoms with Crippen molar-refractivity contribution in [2.45, 2.75) is 26.8 Å². The molecule has 1 aromatic heterocycles. The molecular formula is C27H23Cl3N2O6S. The van der Waals surface area contributed by atoms with Gasteiger partial charge in [-0.15, -0.1) is 0 Å². The van der Waals surface area contributed by atoms with E-state index in [-0.39, 0.29) is 40.7 Å². The Kier molecular flexibility index (Phi) is 9.17. The van der Waals surface area contributed by atoms with E-state index in [1.54, 1.807) is 57.2 Å². The second-order valence-electron chi connectivity index (χ2n) is 8.22. The van der Waals surface area contributed by atoms with Crippen molar-refractivity contribution in [1.29, 1.82) is 0 Å². The molecule has 1 aliphatic heterocycles. The molecule has 1 atom stereocenters. The number of carbonyl (C=O) groups excluding carboxylic acids is 2. The maximum Gasteiger partial charge on any atom is 0.344 e. The first-order chi connectivity index (χ1) is 18.7. The number of aromatic nitrogens is 1. The topological polar surface area (TPSA) is 96.2 Å². The van der Waals surface area contributed by atoms with E-state index in [4.69, 9.17) is 49.0 Å². The monoisotopic (exact) mass is 608 g/mol. The average Bonchev–Trinajstić information content (AvgIpc) is 3.17. The Morgan fingerprint density at radius 1 is 1.08 bits per heavy atom. The van der Waals surface area contributed by atoms with Gasteiger partial charge in [-0.25, -0.2) is 14.6 Å². The Bertz CT molecular complexity index is 1660. The van der Waals surface area contributed by atoms with Gasteiger partial charge in [0.05, 0.1) is 34.0 Å². The molecule has 39 heavy (non-hydrogen) atoms. The molecule has 8 nitrogen and oxygen atoms in total. The molecule has 0 fully saturated rings. The maximum absolute atomic E-state index is 13.9. The number of fused-ring (bicyclic) bond motifs is 1. The number of halogens is 3. The number of esters is 2. The Morgan fingerprint density at radius 2 is 1.79 bits per heavy atom. The molecule has 0 spiro atoms. The van der Waals surface area contributed by atoms with Crippen LogP contribution in [0.1, 0.15) is 37.9 Å². The van der Waals surface area contributed by atoms with Gasteiger partial charge in [0, 0.05) is 15.6 Å². The number of rotatable bonds is 8. The smallest absolute Gasteiger partial charge is 0.344 e. The summed E-state index contributed by atoms with van der Waals surface area (Å²) in [4.78, 5) is 43.7. The summed E-state index contributed by atoms with van der Waals surface area (Å²) in [7, 11) is 0. The Balaban J connectivity index is 1.91. The largest absolute Gasteiger partial charge is 0.480 e. The molecule has 0 N–H and O–H groups in total. The molecule has 12 heteroatoms. The van der Waals surface area contributed by atoms with Gasteiger partial charge < -0.3 is 14.2 Å². The van der Waals surface area contributed by atoms with Crippen molar-refractivity contribution in [3.8, 4) is 5.75 Å². The Labute approximate surface area is 242 Å². The molecule has 2 aromatic carbocycles. The van der Waals surface area contributed by atoms with Crippen LogP contribution < -0.4 is 19.6 Å². The minimum Gasteiger partial charge on any atom is -0.480 e. The molecule has 0 aliphatic carbocycles. The second-order valence-corrected chi connectivity index (χ2v) is 10.5. The third-order valence-corrected chi connectivity index (χ3v) is 7.51. The number of allylic oxidation sites excluding steroid dienone is 1. The van der Waals surface area contributed by atoms with E-state index in [2.05, 4.69) is 4.99 Å². The number of hydrogen-bond acceptors (Lipinski definition) is 8. The number of benzene rings is 2. The maximum atomic E-state index is 13.9. The zero-order valence-electron chi connectivity index (χ0n) is 21.1. The highest BCUT2D eigenvalue weighted by molar-refractivity contribution is 7.07.